The molecule has 0 aromatic carbocycles. The van der Waals surface area contributed by atoms with Crippen molar-refractivity contribution in [3.63, 3.8) is 0 Å². The van der Waals surface area contributed by atoms with Crippen LogP contribution in [0.1, 0.15) is 77.4 Å². The summed E-state index contributed by atoms with van der Waals surface area (Å²) in [6.07, 6.45) is -3.78. The maximum Gasteiger partial charge on any atom is 0.309 e. The fourth-order valence-corrected chi connectivity index (χ4v) is 6.70. The molecule has 0 saturated carbocycles. The number of aromatic nitrogens is 1. The number of carbonyl (C=O) groups excluding carboxylic acids is 2. The van der Waals surface area contributed by atoms with Crippen LogP contribution in [0.25, 0.3) is 6.08 Å². The van der Waals surface area contributed by atoms with Crippen molar-refractivity contribution in [2.75, 3.05) is 6.61 Å². The summed E-state index contributed by atoms with van der Waals surface area (Å²) in [6.45, 7) is 10.1. The molecule has 4 heterocycles. The third kappa shape index (κ3) is 8.09. The standard InChI is InChI=1S/C31H47NO10S/c1-15-8-7-9-20-22(39-20)11-21(16(2)10-19-14-43-18(4)32-19)40-25(34)12-24(31(5,6)29(38)17(3)26(15)35)42-30-28(37)27(36)23(13-33)41-30/h10,14-15,17,20-24,26-28,30,33,35-37H,7-9,11-13H2,1-6H3/b16-10+/t15-,17+,20+,21-,22-,23?,24-,26-,27?,28?,30?/m0/s1. The molecule has 1 aromatic rings. The van der Waals surface area contributed by atoms with Gasteiger partial charge in [0.2, 0.25) is 0 Å². The summed E-state index contributed by atoms with van der Waals surface area (Å²) < 4.78 is 23.6. The van der Waals surface area contributed by atoms with Crippen molar-refractivity contribution >= 4 is 29.2 Å². The average Bonchev–Trinajstić information content (AvgIpc) is 3.47. The summed E-state index contributed by atoms with van der Waals surface area (Å²) in [7, 11) is 0. The van der Waals surface area contributed by atoms with Gasteiger partial charge in [0.15, 0.2) is 6.29 Å². The van der Waals surface area contributed by atoms with Crippen molar-refractivity contribution in [2.24, 2.45) is 17.3 Å². The zero-order chi connectivity index (χ0) is 31.6. The average molecular weight is 626 g/mol. The van der Waals surface area contributed by atoms with Crippen molar-refractivity contribution in [2.45, 2.75) is 129 Å². The molecule has 0 spiro atoms. The Morgan fingerprint density at radius 3 is 2.47 bits per heavy atom. The molecule has 0 amide bonds. The molecule has 4 rings (SSSR count). The van der Waals surface area contributed by atoms with E-state index in [0.717, 1.165) is 35.5 Å². The molecular formula is C31H47NO10S. The number of carbonyl (C=O) groups is 2. The lowest BCUT2D eigenvalue weighted by atomic mass is 9.72. The number of epoxide rings is 1. The lowest BCUT2D eigenvalue weighted by molar-refractivity contribution is -0.218. The number of esters is 1. The molecule has 242 valence electrons. The SMILES string of the molecule is C/C(=C\c1csc(C)n1)[C@@H]1C[C@@H]2O[C@@H]2CCC[C@H](C)[C@H](O)[C@@H](C)C(=O)C(C)(C)[C@@H](OC2OC(CO)C(O)C2O)CC(=O)O1. The van der Waals surface area contributed by atoms with Gasteiger partial charge in [0.25, 0.3) is 0 Å². The predicted molar refractivity (Wildman–Crippen MR) is 158 cm³/mol. The Morgan fingerprint density at radius 2 is 1.84 bits per heavy atom. The minimum absolute atomic E-state index is 0.0359. The first-order chi connectivity index (χ1) is 20.2. The number of nitrogens with zero attached hydrogens (tertiary/aromatic N) is 1. The molecule has 4 N–H and O–H groups in total. The highest BCUT2D eigenvalue weighted by atomic mass is 32.1. The number of Topliss-reactive ketones (excluding diaryl/α,β-unsaturated/α-hetero) is 1. The molecule has 43 heavy (non-hydrogen) atoms. The first-order valence-electron chi connectivity index (χ1n) is 15.2. The Bertz CT molecular complexity index is 1150. The summed E-state index contributed by atoms with van der Waals surface area (Å²) in [5, 5.41) is 44.3. The van der Waals surface area contributed by atoms with Crippen LogP contribution in [0, 0.1) is 24.2 Å². The minimum Gasteiger partial charge on any atom is -0.458 e. The van der Waals surface area contributed by atoms with Crippen LogP contribution < -0.4 is 0 Å². The maximum absolute atomic E-state index is 13.9. The lowest BCUT2D eigenvalue weighted by Gasteiger charge is -2.38. The van der Waals surface area contributed by atoms with Crippen molar-refractivity contribution < 1.29 is 49.0 Å². The van der Waals surface area contributed by atoms with Gasteiger partial charge in [0.05, 0.1) is 53.6 Å². The van der Waals surface area contributed by atoms with Crippen molar-refractivity contribution in [3.8, 4) is 0 Å². The van der Waals surface area contributed by atoms with Crippen LogP contribution in [0.2, 0.25) is 0 Å². The van der Waals surface area contributed by atoms with E-state index in [1.54, 1.807) is 20.8 Å². The van der Waals surface area contributed by atoms with Crippen LogP contribution in [0.3, 0.4) is 0 Å². The van der Waals surface area contributed by atoms with E-state index in [2.05, 4.69) is 4.98 Å². The van der Waals surface area contributed by atoms with Crippen molar-refractivity contribution in [3.05, 3.63) is 21.7 Å². The summed E-state index contributed by atoms with van der Waals surface area (Å²) in [4.78, 5) is 32.0. The van der Waals surface area contributed by atoms with Gasteiger partial charge in [-0.2, -0.15) is 0 Å². The summed E-state index contributed by atoms with van der Waals surface area (Å²) in [5.41, 5.74) is 0.246. The normalized spacial score (nSPS) is 39.8. The number of ketones is 1. The molecule has 1 aromatic heterocycles. The second kappa shape index (κ2) is 14.1. The van der Waals surface area contributed by atoms with Gasteiger partial charge >= 0.3 is 5.97 Å². The number of aryl methyl sites for hydroxylation is 1. The number of rotatable bonds is 5. The Hall–Kier alpha value is -1.77. The van der Waals surface area contributed by atoms with E-state index >= 15 is 0 Å². The Balaban J connectivity index is 1.63. The van der Waals surface area contributed by atoms with Gasteiger partial charge in [0.1, 0.15) is 30.2 Å². The van der Waals surface area contributed by atoms with Gasteiger partial charge in [-0.25, -0.2) is 4.98 Å². The van der Waals surface area contributed by atoms with E-state index in [-0.39, 0.29) is 30.3 Å². The van der Waals surface area contributed by atoms with E-state index in [0.29, 0.717) is 6.42 Å². The summed E-state index contributed by atoms with van der Waals surface area (Å²) in [6, 6.07) is 0. The highest BCUT2D eigenvalue weighted by molar-refractivity contribution is 7.09. The predicted octanol–water partition coefficient (Wildman–Crippen LogP) is 2.55. The zero-order valence-corrected chi connectivity index (χ0v) is 26.7. The minimum atomic E-state index is -1.51. The first-order valence-corrected chi connectivity index (χ1v) is 16.1. The van der Waals surface area contributed by atoms with E-state index in [9.17, 15) is 30.0 Å². The van der Waals surface area contributed by atoms with Crippen LogP contribution in [0.5, 0.6) is 0 Å². The van der Waals surface area contributed by atoms with Crippen LogP contribution in [-0.2, 0) is 28.5 Å². The fraction of sp³-hybridized carbons (Fsp3) is 0.774. The number of hydrogen-bond donors (Lipinski definition) is 4. The highest BCUT2D eigenvalue weighted by Gasteiger charge is 2.50. The third-order valence-electron chi connectivity index (χ3n) is 9.17. The smallest absolute Gasteiger partial charge is 0.309 e. The Labute approximate surface area is 257 Å². The van der Waals surface area contributed by atoms with Gasteiger partial charge < -0.3 is 39.4 Å². The van der Waals surface area contributed by atoms with Crippen LogP contribution >= 0.6 is 11.3 Å². The van der Waals surface area contributed by atoms with Gasteiger partial charge in [-0.15, -0.1) is 11.3 Å². The van der Waals surface area contributed by atoms with Crippen LogP contribution in [0.4, 0.5) is 0 Å². The molecule has 3 fully saturated rings. The molecule has 0 radical (unpaired) electrons. The van der Waals surface area contributed by atoms with Gasteiger partial charge in [0, 0.05) is 17.7 Å². The number of aliphatic hydroxyl groups is 4. The molecule has 11 nitrogen and oxygen atoms in total. The summed E-state index contributed by atoms with van der Waals surface area (Å²) in [5.74, 6) is -1.87. The van der Waals surface area contributed by atoms with E-state index in [1.807, 2.05) is 32.2 Å². The van der Waals surface area contributed by atoms with Crippen LogP contribution in [0.15, 0.2) is 11.0 Å². The topological polar surface area (TPSA) is 168 Å². The number of cyclic esters (lactones) is 1. The molecule has 3 saturated heterocycles. The first kappa shape index (κ1) is 34.1. The fourth-order valence-electron chi connectivity index (χ4n) is 6.13. The zero-order valence-electron chi connectivity index (χ0n) is 25.8. The number of fused-ring (bicyclic) bond motifs is 1. The maximum atomic E-state index is 13.9. The molecule has 3 aliphatic rings. The molecule has 4 unspecified atom stereocenters. The number of aliphatic hydroxyl groups excluding tert-OH is 4. The molecular weight excluding hydrogens is 578 g/mol. The Kier molecular flexibility index (Phi) is 11.2. The Morgan fingerprint density at radius 1 is 1.12 bits per heavy atom. The van der Waals surface area contributed by atoms with E-state index in [4.69, 9.17) is 18.9 Å². The molecule has 0 bridgehead atoms. The second-order valence-corrected chi connectivity index (χ2v) is 14.0. The molecule has 0 aliphatic carbocycles. The van der Waals surface area contributed by atoms with Gasteiger partial charge in [-0.3, -0.25) is 9.59 Å². The quantitative estimate of drug-likeness (QED) is 0.280. The highest BCUT2D eigenvalue weighted by Crippen LogP contribution is 2.38. The number of ether oxygens (including phenoxy) is 4. The van der Waals surface area contributed by atoms with Crippen molar-refractivity contribution in [1.29, 1.82) is 0 Å². The van der Waals surface area contributed by atoms with Gasteiger partial charge in [-0.1, -0.05) is 34.1 Å². The molecule has 3 aliphatic heterocycles. The number of hydrogen-bond acceptors (Lipinski definition) is 12. The van der Waals surface area contributed by atoms with Crippen molar-refractivity contribution in [1.82, 2.24) is 4.98 Å². The van der Waals surface area contributed by atoms with Gasteiger partial charge in [-0.05, 0) is 44.3 Å². The monoisotopic (exact) mass is 625 g/mol. The molecule has 11 atom stereocenters. The summed E-state index contributed by atoms with van der Waals surface area (Å²) >= 11 is 1.53. The number of thiazole rings is 1. The van der Waals surface area contributed by atoms with E-state index < -0.39 is 66.8 Å². The molecule has 12 heteroatoms. The van der Waals surface area contributed by atoms with Crippen LogP contribution in [-0.4, -0.2) is 98.9 Å². The lowest BCUT2D eigenvalue weighted by Crippen LogP contribution is -2.49. The third-order valence-corrected chi connectivity index (χ3v) is 9.97. The van der Waals surface area contributed by atoms with E-state index in [1.165, 1.54) is 11.3 Å². The second-order valence-electron chi connectivity index (χ2n) is 12.9. The largest absolute Gasteiger partial charge is 0.458 e.